The van der Waals surface area contributed by atoms with Gasteiger partial charge in [-0.1, -0.05) is 6.08 Å². The van der Waals surface area contributed by atoms with E-state index >= 15 is 0 Å². The normalized spacial score (nSPS) is 23.8. The van der Waals surface area contributed by atoms with Crippen LogP contribution < -0.4 is 0 Å². The molecule has 5 nitrogen and oxygen atoms in total. The third-order valence-corrected chi connectivity index (χ3v) is 2.54. The first-order valence-corrected chi connectivity index (χ1v) is 6.05. The molecule has 102 valence electrons. The second-order valence-electron chi connectivity index (χ2n) is 5.32. The highest BCUT2D eigenvalue weighted by atomic mass is 16.6. The van der Waals surface area contributed by atoms with Crippen LogP contribution in [0.25, 0.3) is 0 Å². The monoisotopic (exact) mass is 255 g/mol. The summed E-state index contributed by atoms with van der Waals surface area (Å²) in [6.45, 7) is 9.74. The van der Waals surface area contributed by atoms with Crippen LogP contribution in [0.4, 0.5) is 4.79 Å². The molecule has 0 aliphatic carbocycles. The minimum absolute atomic E-state index is 0.134. The first-order valence-electron chi connectivity index (χ1n) is 6.05. The number of hydrogen-bond donors (Lipinski definition) is 0. The van der Waals surface area contributed by atoms with Gasteiger partial charge in [0.1, 0.15) is 11.9 Å². The van der Waals surface area contributed by atoms with Crippen LogP contribution in [-0.2, 0) is 14.3 Å². The van der Waals surface area contributed by atoms with Crippen molar-refractivity contribution in [2.45, 2.75) is 44.9 Å². The van der Waals surface area contributed by atoms with Gasteiger partial charge < -0.3 is 14.3 Å². The van der Waals surface area contributed by atoms with E-state index in [1.807, 2.05) is 0 Å². The van der Waals surface area contributed by atoms with Gasteiger partial charge in [0.15, 0.2) is 0 Å². The summed E-state index contributed by atoms with van der Waals surface area (Å²) in [4.78, 5) is 24.3. The van der Waals surface area contributed by atoms with Crippen molar-refractivity contribution < 1.29 is 19.1 Å². The number of nitrogens with zero attached hydrogens (tertiary/aromatic N) is 1. The summed E-state index contributed by atoms with van der Waals surface area (Å²) in [5, 5.41) is 0. The smallest absolute Gasteiger partial charge is 0.410 e. The van der Waals surface area contributed by atoms with E-state index in [1.54, 1.807) is 26.8 Å². The summed E-state index contributed by atoms with van der Waals surface area (Å²) in [6, 6.07) is -0.463. The largest absolute Gasteiger partial charge is 0.444 e. The molecule has 0 radical (unpaired) electrons. The average molecular weight is 255 g/mol. The van der Waals surface area contributed by atoms with Gasteiger partial charge in [-0.2, -0.15) is 0 Å². The van der Waals surface area contributed by atoms with E-state index in [0.717, 1.165) is 6.29 Å². The molecule has 0 spiro atoms. The summed E-state index contributed by atoms with van der Waals surface area (Å²) in [5.74, 6) is 0. The highest BCUT2D eigenvalue weighted by Crippen LogP contribution is 2.22. The van der Waals surface area contributed by atoms with Gasteiger partial charge in [0.25, 0.3) is 0 Å². The molecule has 18 heavy (non-hydrogen) atoms. The molecule has 0 aromatic heterocycles. The zero-order valence-electron chi connectivity index (χ0n) is 11.2. The van der Waals surface area contributed by atoms with E-state index in [4.69, 9.17) is 9.47 Å². The van der Waals surface area contributed by atoms with E-state index in [-0.39, 0.29) is 6.10 Å². The molecule has 1 amide bonds. The van der Waals surface area contributed by atoms with Crippen molar-refractivity contribution in [3.05, 3.63) is 12.7 Å². The Hall–Kier alpha value is -1.36. The average Bonchev–Trinajstić information content (AvgIpc) is 2.67. The van der Waals surface area contributed by atoms with Crippen molar-refractivity contribution in [3.63, 3.8) is 0 Å². The minimum atomic E-state index is -0.565. The van der Waals surface area contributed by atoms with Crippen LogP contribution in [0, 0.1) is 0 Å². The number of aldehydes is 1. The number of carbonyl (C=O) groups is 2. The Morgan fingerprint density at radius 1 is 1.50 bits per heavy atom. The molecule has 0 unspecified atom stereocenters. The molecular weight excluding hydrogens is 234 g/mol. The predicted octanol–water partition coefficient (Wildman–Crippen LogP) is 1.77. The summed E-state index contributed by atoms with van der Waals surface area (Å²) >= 11 is 0. The summed E-state index contributed by atoms with van der Waals surface area (Å²) in [7, 11) is 0. The van der Waals surface area contributed by atoms with E-state index < -0.39 is 17.7 Å². The summed E-state index contributed by atoms with van der Waals surface area (Å²) < 4.78 is 10.7. The SMILES string of the molecule is C=CCO[C@@H]1C[C@H](C=O)N(C(=O)OC(C)(C)C)C1. The quantitative estimate of drug-likeness (QED) is 0.567. The third kappa shape index (κ3) is 4.14. The number of carbonyl (C=O) groups excluding carboxylic acids is 2. The highest BCUT2D eigenvalue weighted by molar-refractivity contribution is 5.74. The van der Waals surface area contributed by atoms with Crippen LogP contribution in [0.5, 0.6) is 0 Å². The summed E-state index contributed by atoms with van der Waals surface area (Å²) in [6.07, 6.45) is 2.32. The standard InChI is InChI=1S/C13H21NO4/c1-5-6-17-11-7-10(9-15)14(8-11)12(16)18-13(2,3)4/h5,9-11H,1,6-8H2,2-4H3/t10-,11-/m1/s1. The van der Waals surface area contributed by atoms with Crippen molar-refractivity contribution in [1.29, 1.82) is 0 Å². The zero-order chi connectivity index (χ0) is 13.8. The topological polar surface area (TPSA) is 55.8 Å². The molecule has 1 fully saturated rings. The van der Waals surface area contributed by atoms with Gasteiger partial charge in [-0.3, -0.25) is 4.90 Å². The number of rotatable bonds is 4. The second-order valence-corrected chi connectivity index (χ2v) is 5.32. The van der Waals surface area contributed by atoms with Crippen LogP contribution >= 0.6 is 0 Å². The van der Waals surface area contributed by atoms with Gasteiger partial charge in [-0.05, 0) is 20.8 Å². The molecule has 1 aliphatic rings. The van der Waals surface area contributed by atoms with Gasteiger partial charge >= 0.3 is 6.09 Å². The van der Waals surface area contributed by atoms with Gasteiger partial charge in [0.2, 0.25) is 0 Å². The fraction of sp³-hybridized carbons (Fsp3) is 0.692. The van der Waals surface area contributed by atoms with Crippen molar-refractivity contribution in [2.24, 2.45) is 0 Å². The molecule has 1 rings (SSSR count). The lowest BCUT2D eigenvalue weighted by atomic mass is 10.2. The fourth-order valence-electron chi connectivity index (χ4n) is 1.81. The Morgan fingerprint density at radius 2 is 2.17 bits per heavy atom. The number of likely N-dealkylation sites (tertiary alicyclic amines) is 1. The van der Waals surface area contributed by atoms with Gasteiger partial charge in [0, 0.05) is 6.42 Å². The zero-order valence-corrected chi connectivity index (χ0v) is 11.2. The molecule has 1 saturated heterocycles. The Bertz CT molecular complexity index is 321. The molecule has 5 heteroatoms. The maximum absolute atomic E-state index is 11.9. The molecule has 0 N–H and O–H groups in total. The molecule has 1 heterocycles. The van der Waals surface area contributed by atoms with Crippen LogP contribution in [0.2, 0.25) is 0 Å². The Kier molecular flexibility index (Phi) is 4.90. The number of hydrogen-bond acceptors (Lipinski definition) is 4. The van der Waals surface area contributed by atoms with Gasteiger partial charge in [-0.25, -0.2) is 4.79 Å². The van der Waals surface area contributed by atoms with E-state index in [1.165, 1.54) is 4.90 Å². The number of ether oxygens (including phenoxy) is 2. The lowest BCUT2D eigenvalue weighted by Gasteiger charge is -2.26. The third-order valence-electron chi connectivity index (χ3n) is 2.54. The maximum Gasteiger partial charge on any atom is 0.410 e. The predicted molar refractivity (Wildman–Crippen MR) is 67.3 cm³/mol. The van der Waals surface area contributed by atoms with E-state index in [0.29, 0.717) is 19.6 Å². The Balaban J connectivity index is 2.60. The second kappa shape index (κ2) is 6.00. The van der Waals surface area contributed by atoms with Crippen LogP contribution in [0.3, 0.4) is 0 Å². The first kappa shape index (κ1) is 14.7. The number of amides is 1. The lowest BCUT2D eigenvalue weighted by Crippen LogP contribution is -2.40. The van der Waals surface area contributed by atoms with Crippen molar-refractivity contribution in [2.75, 3.05) is 13.2 Å². The molecule has 0 aromatic carbocycles. The minimum Gasteiger partial charge on any atom is -0.444 e. The Labute approximate surface area is 108 Å². The van der Waals surface area contributed by atoms with E-state index in [9.17, 15) is 9.59 Å². The Morgan fingerprint density at radius 3 is 2.67 bits per heavy atom. The van der Waals surface area contributed by atoms with Gasteiger partial charge in [-0.15, -0.1) is 6.58 Å². The van der Waals surface area contributed by atoms with Crippen molar-refractivity contribution in [3.8, 4) is 0 Å². The molecule has 0 bridgehead atoms. The maximum atomic E-state index is 11.9. The first-order chi connectivity index (χ1) is 8.37. The summed E-state index contributed by atoms with van der Waals surface area (Å²) in [5.41, 5.74) is -0.565. The molecule has 0 aromatic rings. The molecule has 0 saturated carbocycles. The molecular formula is C13H21NO4. The molecule has 1 aliphatic heterocycles. The van der Waals surface area contributed by atoms with Crippen LogP contribution in [-0.4, -0.2) is 48.2 Å². The van der Waals surface area contributed by atoms with Crippen molar-refractivity contribution >= 4 is 12.4 Å². The highest BCUT2D eigenvalue weighted by Gasteiger charge is 2.37. The van der Waals surface area contributed by atoms with Gasteiger partial charge in [0.05, 0.1) is 25.3 Å². The fourth-order valence-corrected chi connectivity index (χ4v) is 1.81. The lowest BCUT2D eigenvalue weighted by molar-refractivity contribution is -0.111. The van der Waals surface area contributed by atoms with E-state index in [2.05, 4.69) is 6.58 Å². The van der Waals surface area contributed by atoms with Crippen LogP contribution in [0.15, 0.2) is 12.7 Å². The van der Waals surface area contributed by atoms with Crippen LogP contribution in [0.1, 0.15) is 27.2 Å². The molecule has 2 atom stereocenters. The van der Waals surface area contributed by atoms with Crippen molar-refractivity contribution in [1.82, 2.24) is 4.90 Å².